The Bertz CT molecular complexity index is 760. The standard InChI is InChI=1S/C11H11NO5S2/c1-17-10-4-2-3-5-11(10)19(15,16)12-9-6-7-18(13,14)8-9/h2-8,12H,1H3. The number of sulfonamides is 1. The minimum Gasteiger partial charge on any atom is -0.495 e. The van der Waals surface area contributed by atoms with Gasteiger partial charge in [-0.2, -0.15) is 0 Å². The summed E-state index contributed by atoms with van der Waals surface area (Å²) in [5.74, 6) is 0.181. The number of methoxy groups -OCH3 is 1. The molecule has 0 aromatic heterocycles. The molecule has 1 heterocycles. The number of hydrogen-bond donors (Lipinski definition) is 1. The van der Waals surface area contributed by atoms with Gasteiger partial charge in [-0.25, -0.2) is 16.8 Å². The van der Waals surface area contributed by atoms with Crippen molar-refractivity contribution in [2.24, 2.45) is 0 Å². The van der Waals surface area contributed by atoms with E-state index in [-0.39, 0.29) is 16.3 Å². The minimum absolute atomic E-state index is 0.00842. The molecule has 0 bridgehead atoms. The Morgan fingerprint density at radius 2 is 1.89 bits per heavy atom. The molecule has 1 aliphatic rings. The molecular weight excluding hydrogens is 290 g/mol. The highest BCUT2D eigenvalue weighted by Crippen LogP contribution is 2.24. The summed E-state index contributed by atoms with van der Waals surface area (Å²) in [5, 5.41) is 1.77. The Morgan fingerprint density at radius 3 is 2.47 bits per heavy atom. The predicted molar refractivity (Wildman–Crippen MR) is 69.5 cm³/mol. The smallest absolute Gasteiger partial charge is 0.265 e. The normalized spacial score (nSPS) is 17.0. The zero-order valence-electron chi connectivity index (χ0n) is 9.90. The molecule has 0 amide bonds. The van der Waals surface area contributed by atoms with Crippen LogP contribution in [0.15, 0.2) is 51.8 Å². The van der Waals surface area contributed by atoms with Crippen molar-refractivity contribution in [3.8, 4) is 5.75 Å². The molecule has 0 fully saturated rings. The fourth-order valence-corrected chi connectivity index (χ4v) is 3.73. The molecule has 0 saturated heterocycles. The van der Waals surface area contributed by atoms with Crippen molar-refractivity contribution in [3.63, 3.8) is 0 Å². The molecule has 8 heteroatoms. The monoisotopic (exact) mass is 301 g/mol. The van der Waals surface area contributed by atoms with E-state index in [0.29, 0.717) is 0 Å². The van der Waals surface area contributed by atoms with Crippen LogP contribution in [-0.2, 0) is 19.9 Å². The third kappa shape index (κ3) is 2.96. The third-order valence-corrected chi connectivity index (χ3v) is 4.86. The average molecular weight is 301 g/mol. The summed E-state index contributed by atoms with van der Waals surface area (Å²) in [5.41, 5.74) is -0.00842. The van der Waals surface area contributed by atoms with Crippen LogP contribution in [0.2, 0.25) is 0 Å². The summed E-state index contributed by atoms with van der Waals surface area (Å²) in [6.07, 6.45) is 1.18. The van der Waals surface area contributed by atoms with Gasteiger partial charge >= 0.3 is 0 Å². The van der Waals surface area contributed by atoms with Crippen LogP contribution in [-0.4, -0.2) is 23.9 Å². The largest absolute Gasteiger partial charge is 0.495 e. The number of nitrogens with one attached hydrogen (secondary N) is 1. The molecule has 1 aliphatic heterocycles. The molecule has 2 rings (SSSR count). The van der Waals surface area contributed by atoms with Crippen LogP contribution >= 0.6 is 0 Å². The Hall–Kier alpha value is -1.80. The molecule has 1 aromatic rings. The molecule has 19 heavy (non-hydrogen) atoms. The van der Waals surface area contributed by atoms with Crippen LogP contribution in [0.4, 0.5) is 0 Å². The molecule has 0 atom stereocenters. The number of ether oxygens (including phenoxy) is 1. The number of benzene rings is 1. The molecule has 0 radical (unpaired) electrons. The summed E-state index contributed by atoms with van der Waals surface area (Å²) in [4.78, 5) is -0.0592. The second kappa shape index (κ2) is 4.71. The molecule has 0 saturated carbocycles. The van der Waals surface area contributed by atoms with Gasteiger partial charge in [-0.05, 0) is 18.2 Å². The Balaban J connectivity index is 2.37. The van der Waals surface area contributed by atoms with Crippen LogP contribution in [0.5, 0.6) is 5.75 Å². The summed E-state index contributed by atoms with van der Waals surface area (Å²) < 4.78 is 53.7. The minimum atomic E-state index is -3.90. The number of rotatable bonds is 4. The maximum absolute atomic E-state index is 12.1. The zero-order chi connectivity index (χ0) is 14.1. The average Bonchev–Trinajstić information content (AvgIpc) is 2.67. The molecule has 0 spiro atoms. The summed E-state index contributed by atoms with van der Waals surface area (Å²) >= 11 is 0. The van der Waals surface area contributed by atoms with Gasteiger partial charge in [0.15, 0.2) is 9.84 Å². The SMILES string of the molecule is COc1ccccc1S(=O)(=O)NC1=CS(=O)(=O)C=C1. The van der Waals surface area contributed by atoms with E-state index in [1.54, 1.807) is 12.1 Å². The predicted octanol–water partition coefficient (Wildman–Crippen LogP) is 0.757. The van der Waals surface area contributed by atoms with Gasteiger partial charge in [0.1, 0.15) is 10.6 Å². The zero-order valence-corrected chi connectivity index (χ0v) is 11.5. The van der Waals surface area contributed by atoms with Crippen LogP contribution in [0.3, 0.4) is 0 Å². The van der Waals surface area contributed by atoms with Crippen molar-refractivity contribution in [1.29, 1.82) is 0 Å². The van der Waals surface area contributed by atoms with Crippen LogP contribution in [0, 0.1) is 0 Å². The second-order valence-electron chi connectivity index (χ2n) is 3.72. The lowest BCUT2D eigenvalue weighted by molar-refractivity contribution is 0.402. The first-order chi connectivity index (χ1) is 8.84. The van der Waals surface area contributed by atoms with Crippen LogP contribution < -0.4 is 9.46 Å². The van der Waals surface area contributed by atoms with E-state index in [2.05, 4.69) is 4.72 Å². The first-order valence-electron chi connectivity index (χ1n) is 5.15. The maximum atomic E-state index is 12.1. The van der Waals surface area contributed by atoms with Gasteiger partial charge < -0.3 is 4.74 Å². The van der Waals surface area contributed by atoms with Gasteiger partial charge in [0.2, 0.25) is 0 Å². The number of para-hydroxylation sites is 1. The lowest BCUT2D eigenvalue weighted by atomic mass is 10.3. The summed E-state index contributed by atoms with van der Waals surface area (Å²) in [6, 6.07) is 6.06. The topological polar surface area (TPSA) is 89.5 Å². The van der Waals surface area contributed by atoms with E-state index in [9.17, 15) is 16.8 Å². The first-order valence-corrected chi connectivity index (χ1v) is 8.24. The molecule has 1 N–H and O–H groups in total. The highest BCUT2D eigenvalue weighted by molar-refractivity contribution is 7.97. The second-order valence-corrected chi connectivity index (χ2v) is 7.06. The van der Waals surface area contributed by atoms with Gasteiger partial charge in [0, 0.05) is 5.41 Å². The van der Waals surface area contributed by atoms with Crippen molar-refractivity contribution in [3.05, 3.63) is 46.9 Å². The first kappa shape index (κ1) is 13.6. The van der Waals surface area contributed by atoms with E-state index in [0.717, 1.165) is 10.8 Å². The lowest BCUT2D eigenvalue weighted by Crippen LogP contribution is -2.22. The van der Waals surface area contributed by atoms with E-state index in [1.807, 2.05) is 0 Å². The Morgan fingerprint density at radius 1 is 1.21 bits per heavy atom. The van der Waals surface area contributed by atoms with Gasteiger partial charge in [0.05, 0.1) is 18.2 Å². The van der Waals surface area contributed by atoms with Crippen molar-refractivity contribution < 1.29 is 21.6 Å². The van der Waals surface area contributed by atoms with Crippen molar-refractivity contribution in [1.82, 2.24) is 4.72 Å². The lowest BCUT2D eigenvalue weighted by Gasteiger charge is -2.10. The van der Waals surface area contributed by atoms with E-state index in [1.165, 1.54) is 25.3 Å². The van der Waals surface area contributed by atoms with Gasteiger partial charge in [-0.15, -0.1) is 0 Å². The van der Waals surface area contributed by atoms with Crippen molar-refractivity contribution >= 4 is 19.9 Å². The van der Waals surface area contributed by atoms with E-state index >= 15 is 0 Å². The molecule has 102 valence electrons. The Labute approximate surface area is 111 Å². The van der Waals surface area contributed by atoms with Gasteiger partial charge in [-0.3, -0.25) is 4.72 Å². The molecule has 1 aromatic carbocycles. The number of hydrogen-bond acceptors (Lipinski definition) is 5. The highest BCUT2D eigenvalue weighted by atomic mass is 32.2. The van der Waals surface area contributed by atoms with Crippen LogP contribution in [0.1, 0.15) is 0 Å². The van der Waals surface area contributed by atoms with E-state index < -0.39 is 19.9 Å². The fraction of sp³-hybridized carbons (Fsp3) is 0.0909. The molecule has 0 unspecified atom stereocenters. The molecule has 6 nitrogen and oxygen atoms in total. The number of allylic oxidation sites excluding steroid dienone is 1. The van der Waals surface area contributed by atoms with Gasteiger partial charge in [0.25, 0.3) is 10.0 Å². The van der Waals surface area contributed by atoms with E-state index in [4.69, 9.17) is 4.74 Å². The van der Waals surface area contributed by atoms with Gasteiger partial charge in [-0.1, -0.05) is 12.1 Å². The molecule has 0 aliphatic carbocycles. The fourth-order valence-electron chi connectivity index (χ4n) is 1.53. The van der Waals surface area contributed by atoms with Crippen molar-refractivity contribution in [2.75, 3.05) is 7.11 Å². The maximum Gasteiger partial charge on any atom is 0.265 e. The van der Waals surface area contributed by atoms with Crippen LogP contribution in [0.25, 0.3) is 0 Å². The molecular formula is C11H11NO5S2. The number of sulfone groups is 1. The summed E-state index contributed by atoms with van der Waals surface area (Å²) in [6.45, 7) is 0. The summed E-state index contributed by atoms with van der Waals surface area (Å²) in [7, 11) is -6.01. The third-order valence-electron chi connectivity index (χ3n) is 2.34. The highest BCUT2D eigenvalue weighted by Gasteiger charge is 2.22. The van der Waals surface area contributed by atoms with Crippen molar-refractivity contribution in [2.45, 2.75) is 4.90 Å². The quantitative estimate of drug-likeness (QED) is 0.886. The Kier molecular flexibility index (Phi) is 3.38.